The zero-order valence-corrected chi connectivity index (χ0v) is 16.8. The number of aromatic nitrogens is 2. The summed E-state index contributed by atoms with van der Waals surface area (Å²) in [4.78, 5) is 14.7. The first-order valence-electron chi connectivity index (χ1n) is 9.48. The molecule has 3 rings (SSSR count). The van der Waals surface area contributed by atoms with Crippen molar-refractivity contribution in [3.05, 3.63) is 24.3 Å². The number of nitrogens with zero attached hydrogens (tertiary/aromatic N) is 3. The third-order valence-electron chi connectivity index (χ3n) is 4.99. The van der Waals surface area contributed by atoms with Gasteiger partial charge < -0.3 is 9.47 Å². The molecule has 0 radical (unpaired) electrons. The van der Waals surface area contributed by atoms with Crippen LogP contribution in [0, 0.1) is 5.92 Å². The first kappa shape index (κ1) is 19.8. The van der Waals surface area contributed by atoms with Crippen LogP contribution < -0.4 is 9.64 Å². The Morgan fingerprint density at radius 3 is 2.56 bits per heavy atom. The SMILES string of the molecule is COCCN(C(=O)CC1CCCCC1)c1nnc(-c2ccc(OC)cc2)s1. The fourth-order valence-electron chi connectivity index (χ4n) is 3.43. The van der Waals surface area contributed by atoms with Crippen molar-refractivity contribution in [3.63, 3.8) is 0 Å². The molecule has 1 aromatic carbocycles. The number of hydrogen-bond acceptors (Lipinski definition) is 6. The molecule has 0 saturated heterocycles. The van der Waals surface area contributed by atoms with Gasteiger partial charge >= 0.3 is 0 Å². The lowest BCUT2D eigenvalue weighted by molar-refractivity contribution is -0.119. The summed E-state index contributed by atoms with van der Waals surface area (Å²) in [5, 5.41) is 10.0. The average Bonchev–Trinajstić information content (AvgIpc) is 3.19. The van der Waals surface area contributed by atoms with Crippen molar-refractivity contribution < 1.29 is 14.3 Å². The van der Waals surface area contributed by atoms with E-state index in [1.807, 2.05) is 24.3 Å². The number of ether oxygens (including phenoxy) is 2. The first-order chi connectivity index (χ1) is 13.2. The molecule has 0 spiro atoms. The number of amides is 1. The van der Waals surface area contributed by atoms with Crippen molar-refractivity contribution in [3.8, 4) is 16.3 Å². The van der Waals surface area contributed by atoms with E-state index in [0.717, 1.165) is 29.2 Å². The van der Waals surface area contributed by atoms with Crippen LogP contribution in [-0.4, -0.2) is 43.5 Å². The van der Waals surface area contributed by atoms with Crippen LogP contribution in [0.2, 0.25) is 0 Å². The minimum atomic E-state index is 0.122. The van der Waals surface area contributed by atoms with Gasteiger partial charge in [-0.1, -0.05) is 30.6 Å². The lowest BCUT2D eigenvalue weighted by Crippen LogP contribution is -2.35. The number of methoxy groups -OCH3 is 2. The molecule has 1 amide bonds. The average molecular weight is 390 g/mol. The number of benzene rings is 1. The van der Waals surface area contributed by atoms with Gasteiger partial charge in [0.15, 0.2) is 0 Å². The van der Waals surface area contributed by atoms with Crippen LogP contribution in [-0.2, 0) is 9.53 Å². The molecule has 0 N–H and O–H groups in total. The molecule has 7 heteroatoms. The fourth-order valence-corrected chi connectivity index (χ4v) is 4.33. The number of anilines is 1. The van der Waals surface area contributed by atoms with Crippen LogP contribution >= 0.6 is 11.3 Å². The second-order valence-electron chi connectivity index (χ2n) is 6.86. The van der Waals surface area contributed by atoms with Crippen molar-refractivity contribution in [1.82, 2.24) is 10.2 Å². The molecule has 1 aromatic heterocycles. The fraction of sp³-hybridized carbons (Fsp3) is 0.550. The third kappa shape index (κ3) is 5.26. The highest BCUT2D eigenvalue weighted by molar-refractivity contribution is 7.18. The van der Waals surface area contributed by atoms with Crippen molar-refractivity contribution in [2.24, 2.45) is 5.92 Å². The quantitative estimate of drug-likeness (QED) is 0.678. The smallest absolute Gasteiger partial charge is 0.229 e. The van der Waals surface area contributed by atoms with E-state index in [-0.39, 0.29) is 5.91 Å². The Bertz CT molecular complexity index is 726. The summed E-state index contributed by atoms with van der Waals surface area (Å²) in [6.45, 7) is 0.979. The van der Waals surface area contributed by atoms with Crippen LogP contribution in [0.15, 0.2) is 24.3 Å². The van der Waals surface area contributed by atoms with Crippen molar-refractivity contribution in [2.75, 3.05) is 32.3 Å². The molecular weight excluding hydrogens is 362 g/mol. The van der Waals surface area contributed by atoms with Crippen molar-refractivity contribution >= 4 is 22.4 Å². The lowest BCUT2D eigenvalue weighted by Gasteiger charge is -2.25. The van der Waals surface area contributed by atoms with Crippen LogP contribution in [0.4, 0.5) is 5.13 Å². The van der Waals surface area contributed by atoms with Gasteiger partial charge in [-0.15, -0.1) is 10.2 Å². The largest absolute Gasteiger partial charge is 0.497 e. The summed E-state index contributed by atoms with van der Waals surface area (Å²) < 4.78 is 10.4. The molecule has 146 valence electrons. The zero-order valence-electron chi connectivity index (χ0n) is 16.0. The molecule has 0 bridgehead atoms. The summed E-state index contributed by atoms with van der Waals surface area (Å²) in [6.07, 6.45) is 6.64. The number of hydrogen-bond donors (Lipinski definition) is 0. The van der Waals surface area contributed by atoms with Gasteiger partial charge in [0.1, 0.15) is 10.8 Å². The van der Waals surface area contributed by atoms with E-state index in [9.17, 15) is 4.79 Å². The second-order valence-corrected chi connectivity index (χ2v) is 7.82. The highest BCUT2D eigenvalue weighted by Crippen LogP contribution is 2.32. The predicted molar refractivity (Wildman–Crippen MR) is 107 cm³/mol. The molecular formula is C20H27N3O3S. The number of rotatable bonds is 8. The van der Waals surface area contributed by atoms with Gasteiger partial charge in [-0.3, -0.25) is 9.69 Å². The Labute approximate surface area is 164 Å². The minimum absolute atomic E-state index is 0.122. The van der Waals surface area contributed by atoms with E-state index < -0.39 is 0 Å². The summed E-state index contributed by atoms with van der Waals surface area (Å²) in [6, 6.07) is 7.69. The Balaban J connectivity index is 1.73. The normalized spacial score (nSPS) is 14.9. The van der Waals surface area contributed by atoms with Crippen LogP contribution in [0.25, 0.3) is 10.6 Å². The Kier molecular flexibility index (Phi) is 7.18. The van der Waals surface area contributed by atoms with Crippen LogP contribution in [0.3, 0.4) is 0 Å². The minimum Gasteiger partial charge on any atom is -0.497 e. The Morgan fingerprint density at radius 2 is 1.89 bits per heavy atom. The topological polar surface area (TPSA) is 64.5 Å². The maximum Gasteiger partial charge on any atom is 0.229 e. The van der Waals surface area contributed by atoms with E-state index in [2.05, 4.69) is 10.2 Å². The monoisotopic (exact) mass is 389 g/mol. The molecule has 1 aliphatic rings. The van der Waals surface area contributed by atoms with E-state index in [0.29, 0.717) is 30.6 Å². The summed E-state index contributed by atoms with van der Waals surface area (Å²) in [5.41, 5.74) is 0.964. The van der Waals surface area contributed by atoms with Crippen molar-refractivity contribution in [2.45, 2.75) is 38.5 Å². The molecule has 0 unspecified atom stereocenters. The summed E-state index contributed by atoms with van der Waals surface area (Å²) in [7, 11) is 3.29. The van der Waals surface area contributed by atoms with E-state index in [1.54, 1.807) is 19.1 Å². The molecule has 0 aliphatic heterocycles. The molecule has 6 nitrogen and oxygen atoms in total. The molecule has 27 heavy (non-hydrogen) atoms. The molecule has 1 heterocycles. The number of carbonyl (C=O) groups is 1. The van der Waals surface area contributed by atoms with E-state index in [4.69, 9.17) is 9.47 Å². The number of carbonyl (C=O) groups excluding carboxylic acids is 1. The van der Waals surface area contributed by atoms with Gasteiger partial charge in [0.25, 0.3) is 0 Å². The lowest BCUT2D eigenvalue weighted by atomic mass is 9.87. The predicted octanol–water partition coefficient (Wildman–Crippen LogP) is 4.16. The van der Waals surface area contributed by atoms with E-state index >= 15 is 0 Å². The molecule has 0 atom stereocenters. The van der Waals surface area contributed by atoms with Crippen LogP contribution in [0.5, 0.6) is 5.75 Å². The highest BCUT2D eigenvalue weighted by atomic mass is 32.1. The highest BCUT2D eigenvalue weighted by Gasteiger charge is 2.24. The van der Waals surface area contributed by atoms with Gasteiger partial charge in [0.05, 0.1) is 20.3 Å². The maximum absolute atomic E-state index is 12.9. The summed E-state index contributed by atoms with van der Waals surface area (Å²) in [5.74, 6) is 1.41. The Morgan fingerprint density at radius 1 is 1.15 bits per heavy atom. The third-order valence-corrected chi connectivity index (χ3v) is 5.99. The van der Waals surface area contributed by atoms with Gasteiger partial charge in [0, 0.05) is 19.1 Å². The standard InChI is InChI=1S/C20H27N3O3S/c1-25-13-12-23(18(24)14-15-6-4-3-5-7-15)20-22-21-19(27-20)16-8-10-17(26-2)11-9-16/h8-11,15H,3-7,12-14H2,1-2H3. The molecule has 1 saturated carbocycles. The Hall–Kier alpha value is -1.99. The second kappa shape index (κ2) is 9.80. The first-order valence-corrected chi connectivity index (χ1v) is 10.3. The van der Waals surface area contributed by atoms with Gasteiger partial charge in [-0.05, 0) is 43.0 Å². The zero-order chi connectivity index (χ0) is 19.1. The van der Waals surface area contributed by atoms with Gasteiger partial charge in [0.2, 0.25) is 11.0 Å². The van der Waals surface area contributed by atoms with E-state index in [1.165, 1.54) is 30.6 Å². The molecule has 2 aromatic rings. The van der Waals surface area contributed by atoms with Gasteiger partial charge in [-0.2, -0.15) is 0 Å². The van der Waals surface area contributed by atoms with Crippen molar-refractivity contribution in [1.29, 1.82) is 0 Å². The molecule has 1 aliphatic carbocycles. The van der Waals surface area contributed by atoms with Crippen LogP contribution in [0.1, 0.15) is 38.5 Å². The molecule has 1 fully saturated rings. The van der Waals surface area contributed by atoms with Gasteiger partial charge in [-0.25, -0.2) is 0 Å². The maximum atomic E-state index is 12.9. The summed E-state index contributed by atoms with van der Waals surface area (Å²) >= 11 is 1.43.